The van der Waals surface area contributed by atoms with Gasteiger partial charge in [-0.25, -0.2) is 4.79 Å². The van der Waals surface area contributed by atoms with E-state index in [1.807, 2.05) is 6.07 Å². The highest BCUT2D eigenvalue weighted by molar-refractivity contribution is 5.88. The number of ether oxygens (including phenoxy) is 1. The monoisotopic (exact) mass is 607 g/mol. The quantitative estimate of drug-likeness (QED) is 0.362. The van der Waals surface area contributed by atoms with Crippen LogP contribution in [0.5, 0.6) is 0 Å². The number of rotatable bonds is 10. The van der Waals surface area contributed by atoms with Gasteiger partial charge in [0.05, 0.1) is 17.3 Å². The Hall–Kier alpha value is -2.65. The van der Waals surface area contributed by atoms with Crippen molar-refractivity contribution < 1.29 is 19.2 Å². The molecule has 1 saturated carbocycles. The molecular weight excluding hydrogens is 554 g/mol. The molecule has 9 nitrogen and oxygen atoms in total. The summed E-state index contributed by atoms with van der Waals surface area (Å²) in [6, 6.07) is 11.9. The molecule has 2 unspecified atom stereocenters. The molecule has 1 spiro atoms. The SMILES string of the molecule is CON=C1CCC(C(=O)N[C@@H](CCN2C3CCC2CC2(C3)CN(CC3CCOCC3)C(=O)N2C(C)C)c2ccccc2)CC1. The standard InChI is InChI=1S/C35H53N5O4/c1-25(2)40-34(42)38(23-26-16-19-44-20-17-26)24-35(40)21-30-13-14-31(22-35)39(30)18-15-32(27-7-5-4-6-8-27)36-33(41)28-9-11-29(12-10-28)37-43-3/h4-8,25-26,28,30-32H,9-24H2,1-3H3,(H,36,41)/t28?,30?,31?,32-,35?/m0/s1. The zero-order chi connectivity index (χ0) is 30.7. The third-order valence-electron chi connectivity index (χ3n) is 11.2. The van der Waals surface area contributed by atoms with Crippen molar-refractivity contribution in [2.45, 2.75) is 114 Å². The molecule has 0 aromatic heterocycles. The summed E-state index contributed by atoms with van der Waals surface area (Å²) in [7, 11) is 1.58. The van der Waals surface area contributed by atoms with Crippen molar-refractivity contribution in [3.63, 3.8) is 0 Å². The first-order chi connectivity index (χ1) is 21.4. The van der Waals surface area contributed by atoms with Crippen LogP contribution in [0.1, 0.15) is 96.1 Å². The molecule has 5 aliphatic rings. The summed E-state index contributed by atoms with van der Waals surface area (Å²) in [6.07, 6.45) is 10.8. The number of benzene rings is 1. The van der Waals surface area contributed by atoms with Crippen molar-refractivity contribution >= 4 is 17.6 Å². The number of carbonyl (C=O) groups is 2. The van der Waals surface area contributed by atoms with Gasteiger partial charge in [-0.2, -0.15) is 0 Å². The van der Waals surface area contributed by atoms with E-state index in [1.165, 1.54) is 18.4 Å². The number of piperidine rings is 1. The van der Waals surface area contributed by atoms with Gasteiger partial charge in [-0.1, -0.05) is 35.5 Å². The van der Waals surface area contributed by atoms with E-state index in [0.29, 0.717) is 18.0 Å². The Kier molecular flexibility index (Phi) is 9.81. The van der Waals surface area contributed by atoms with Gasteiger partial charge in [0.15, 0.2) is 0 Å². The minimum atomic E-state index is -0.0717. The Balaban J connectivity index is 1.11. The van der Waals surface area contributed by atoms with Crippen molar-refractivity contribution in [2.24, 2.45) is 17.0 Å². The zero-order valence-corrected chi connectivity index (χ0v) is 27.1. The average Bonchev–Trinajstić information content (AvgIpc) is 3.44. The Morgan fingerprint density at radius 2 is 1.73 bits per heavy atom. The smallest absolute Gasteiger partial charge is 0.320 e. The van der Waals surface area contributed by atoms with Gasteiger partial charge in [0.2, 0.25) is 5.91 Å². The number of oxime groups is 1. The van der Waals surface area contributed by atoms with E-state index in [0.717, 1.165) is 96.3 Å². The minimum absolute atomic E-state index is 0.0109. The molecule has 3 atom stereocenters. The summed E-state index contributed by atoms with van der Waals surface area (Å²) in [5, 5.41) is 7.57. The lowest BCUT2D eigenvalue weighted by atomic mass is 9.81. The first-order valence-corrected chi connectivity index (χ1v) is 17.2. The lowest BCUT2D eigenvalue weighted by Gasteiger charge is -2.49. The van der Waals surface area contributed by atoms with Gasteiger partial charge in [0, 0.05) is 56.9 Å². The van der Waals surface area contributed by atoms with E-state index >= 15 is 0 Å². The van der Waals surface area contributed by atoms with Gasteiger partial charge in [0.25, 0.3) is 0 Å². The van der Waals surface area contributed by atoms with Gasteiger partial charge in [-0.15, -0.1) is 0 Å². The molecule has 6 rings (SSSR count). The van der Waals surface area contributed by atoms with Crippen molar-refractivity contribution in [3.8, 4) is 0 Å². The van der Waals surface area contributed by atoms with Crippen molar-refractivity contribution in [1.29, 1.82) is 0 Å². The molecule has 1 aliphatic carbocycles. The van der Waals surface area contributed by atoms with E-state index in [-0.39, 0.29) is 35.5 Å². The number of hydrogen-bond donors (Lipinski definition) is 1. The van der Waals surface area contributed by atoms with Crippen LogP contribution in [0.15, 0.2) is 35.5 Å². The van der Waals surface area contributed by atoms with E-state index in [1.54, 1.807) is 7.11 Å². The van der Waals surface area contributed by atoms with Crippen molar-refractivity contribution in [2.75, 3.05) is 40.0 Å². The molecule has 2 bridgehead atoms. The minimum Gasteiger partial charge on any atom is -0.399 e. The van der Waals surface area contributed by atoms with E-state index in [2.05, 4.69) is 63.3 Å². The largest absolute Gasteiger partial charge is 0.399 e. The first kappa shape index (κ1) is 31.3. The maximum Gasteiger partial charge on any atom is 0.320 e. The molecule has 3 amide bonds. The highest BCUT2D eigenvalue weighted by Crippen LogP contribution is 2.48. The van der Waals surface area contributed by atoms with Crippen LogP contribution in [0.4, 0.5) is 4.79 Å². The average molecular weight is 608 g/mol. The molecule has 0 radical (unpaired) electrons. The molecular formula is C35H53N5O4. The van der Waals surface area contributed by atoms with Crippen LogP contribution < -0.4 is 5.32 Å². The number of fused-ring (bicyclic) bond motifs is 2. The molecule has 4 aliphatic heterocycles. The molecule has 44 heavy (non-hydrogen) atoms. The van der Waals surface area contributed by atoms with Crippen LogP contribution in [0.25, 0.3) is 0 Å². The Morgan fingerprint density at radius 3 is 2.36 bits per heavy atom. The fourth-order valence-corrected chi connectivity index (χ4v) is 9.12. The lowest BCUT2D eigenvalue weighted by Crippen LogP contribution is -2.60. The third kappa shape index (κ3) is 6.64. The van der Waals surface area contributed by atoms with Gasteiger partial charge in [0.1, 0.15) is 7.11 Å². The molecule has 4 saturated heterocycles. The second-order valence-electron chi connectivity index (χ2n) is 14.3. The highest BCUT2D eigenvalue weighted by Gasteiger charge is 2.57. The molecule has 1 N–H and O–H groups in total. The van der Waals surface area contributed by atoms with Crippen molar-refractivity contribution in [3.05, 3.63) is 35.9 Å². The normalized spacial score (nSPS) is 30.3. The Labute approximate surface area is 263 Å². The third-order valence-corrected chi connectivity index (χ3v) is 11.2. The molecule has 9 heteroatoms. The Bertz CT molecular complexity index is 1140. The highest BCUT2D eigenvalue weighted by atomic mass is 16.6. The molecule has 4 heterocycles. The van der Waals surface area contributed by atoms with Gasteiger partial charge in [-0.3, -0.25) is 9.69 Å². The maximum atomic E-state index is 13.8. The predicted molar refractivity (Wildman–Crippen MR) is 171 cm³/mol. The van der Waals surface area contributed by atoms with Crippen LogP contribution >= 0.6 is 0 Å². The second-order valence-corrected chi connectivity index (χ2v) is 14.3. The number of carbonyl (C=O) groups excluding carboxylic acids is 2. The zero-order valence-electron chi connectivity index (χ0n) is 27.1. The number of nitrogens with zero attached hydrogens (tertiary/aromatic N) is 4. The van der Waals surface area contributed by atoms with E-state index < -0.39 is 0 Å². The summed E-state index contributed by atoms with van der Waals surface area (Å²) in [4.78, 5) is 39.4. The summed E-state index contributed by atoms with van der Waals surface area (Å²) in [5.74, 6) is 0.736. The van der Waals surface area contributed by atoms with E-state index in [9.17, 15) is 9.59 Å². The van der Waals surface area contributed by atoms with Crippen LogP contribution in [0, 0.1) is 11.8 Å². The number of nitrogens with one attached hydrogen (secondary N) is 1. The van der Waals surface area contributed by atoms with E-state index in [4.69, 9.17) is 9.57 Å². The van der Waals surface area contributed by atoms with Crippen LogP contribution in [0.3, 0.4) is 0 Å². The van der Waals surface area contributed by atoms with Gasteiger partial charge in [-0.05, 0) is 96.0 Å². The molecule has 242 valence electrons. The van der Waals surface area contributed by atoms with Crippen LogP contribution in [-0.4, -0.2) is 96.0 Å². The predicted octanol–water partition coefficient (Wildman–Crippen LogP) is 5.36. The van der Waals surface area contributed by atoms with Gasteiger partial charge >= 0.3 is 6.03 Å². The second kappa shape index (κ2) is 13.8. The summed E-state index contributed by atoms with van der Waals surface area (Å²) >= 11 is 0. The topological polar surface area (TPSA) is 86.7 Å². The Morgan fingerprint density at radius 1 is 1.05 bits per heavy atom. The summed E-state index contributed by atoms with van der Waals surface area (Å²) in [6.45, 7) is 8.71. The number of amides is 3. The lowest BCUT2D eigenvalue weighted by molar-refractivity contribution is -0.126. The molecule has 5 fully saturated rings. The fourth-order valence-electron chi connectivity index (χ4n) is 9.12. The summed E-state index contributed by atoms with van der Waals surface area (Å²) < 4.78 is 5.59. The van der Waals surface area contributed by atoms with Gasteiger partial charge < -0.3 is 24.7 Å². The summed E-state index contributed by atoms with van der Waals surface area (Å²) in [5.41, 5.74) is 2.16. The number of hydrogen-bond acceptors (Lipinski definition) is 6. The van der Waals surface area contributed by atoms with Crippen LogP contribution in [-0.2, 0) is 14.4 Å². The first-order valence-electron chi connectivity index (χ1n) is 17.2. The maximum absolute atomic E-state index is 13.8. The molecule has 1 aromatic carbocycles. The molecule has 1 aromatic rings. The van der Waals surface area contributed by atoms with Crippen LogP contribution in [0.2, 0.25) is 0 Å². The van der Waals surface area contributed by atoms with Crippen molar-refractivity contribution in [1.82, 2.24) is 20.0 Å². The fraction of sp³-hybridized carbons (Fsp3) is 0.743. The number of urea groups is 1.